The first-order chi connectivity index (χ1) is 7.36. The summed E-state index contributed by atoms with van der Waals surface area (Å²) in [6.07, 6.45) is 3.19. The van der Waals surface area contributed by atoms with Crippen molar-refractivity contribution in [3.05, 3.63) is 0 Å². The quantitative estimate of drug-likeness (QED) is 0.803. The number of aliphatic hydroxyl groups is 1. The summed E-state index contributed by atoms with van der Waals surface area (Å²) in [5.41, 5.74) is 0. The molecule has 0 amide bonds. The van der Waals surface area contributed by atoms with E-state index in [1.165, 1.54) is 6.26 Å². The van der Waals surface area contributed by atoms with Gasteiger partial charge in [-0.2, -0.15) is 0 Å². The lowest BCUT2D eigenvalue weighted by atomic mass is 9.83. The fourth-order valence-corrected chi connectivity index (χ4v) is 3.44. The minimum Gasteiger partial charge on any atom is -0.385 e. The zero-order chi connectivity index (χ0) is 12.3. The van der Waals surface area contributed by atoms with Crippen LogP contribution in [0.15, 0.2) is 0 Å². The fraction of sp³-hybridized carbons (Fsp3) is 0.909. The maximum Gasteiger partial charge on any atom is 0.164 e. The van der Waals surface area contributed by atoms with E-state index < -0.39 is 21.2 Å². The standard InChI is InChI=1S/C11H20O4S/c1-3-10(12)11(13)8-5-4-6-9(7-8)16(2,14)15/h8-10,12H,3-7H2,1-2H3. The largest absolute Gasteiger partial charge is 0.385 e. The number of carbonyl (C=O) groups excluding carboxylic acids is 1. The molecule has 1 fully saturated rings. The second-order valence-corrected chi connectivity index (χ2v) is 6.97. The number of carbonyl (C=O) groups is 1. The van der Waals surface area contributed by atoms with Gasteiger partial charge < -0.3 is 5.11 Å². The Labute approximate surface area is 97.0 Å². The van der Waals surface area contributed by atoms with Crippen LogP contribution in [-0.2, 0) is 14.6 Å². The molecule has 0 aromatic rings. The summed E-state index contributed by atoms with van der Waals surface area (Å²) < 4.78 is 22.8. The van der Waals surface area contributed by atoms with Gasteiger partial charge in [-0.05, 0) is 25.7 Å². The van der Waals surface area contributed by atoms with Crippen LogP contribution in [-0.4, -0.2) is 36.9 Å². The number of hydrogen-bond donors (Lipinski definition) is 1. The van der Waals surface area contributed by atoms with E-state index in [1.54, 1.807) is 6.92 Å². The Balaban J connectivity index is 2.68. The lowest BCUT2D eigenvalue weighted by molar-refractivity contribution is -0.132. The maximum absolute atomic E-state index is 11.8. The van der Waals surface area contributed by atoms with Gasteiger partial charge in [0.2, 0.25) is 0 Å². The molecule has 0 radical (unpaired) electrons. The Morgan fingerprint density at radius 2 is 2.06 bits per heavy atom. The van der Waals surface area contributed by atoms with Crippen molar-refractivity contribution in [2.24, 2.45) is 5.92 Å². The molecular weight excluding hydrogens is 228 g/mol. The van der Waals surface area contributed by atoms with Crippen LogP contribution in [0.5, 0.6) is 0 Å². The molecule has 1 aliphatic carbocycles. The molecule has 1 aliphatic rings. The van der Waals surface area contributed by atoms with E-state index in [-0.39, 0.29) is 11.7 Å². The van der Waals surface area contributed by atoms with Crippen LogP contribution >= 0.6 is 0 Å². The number of sulfone groups is 1. The molecule has 0 aromatic heterocycles. The Morgan fingerprint density at radius 3 is 2.56 bits per heavy atom. The van der Waals surface area contributed by atoms with Gasteiger partial charge >= 0.3 is 0 Å². The van der Waals surface area contributed by atoms with Crippen LogP contribution in [0.4, 0.5) is 0 Å². The molecule has 1 N–H and O–H groups in total. The molecule has 94 valence electrons. The summed E-state index contributed by atoms with van der Waals surface area (Å²) in [6.45, 7) is 1.75. The van der Waals surface area contributed by atoms with Gasteiger partial charge in [0, 0.05) is 12.2 Å². The molecule has 3 atom stereocenters. The molecule has 0 spiro atoms. The van der Waals surface area contributed by atoms with Crippen LogP contribution in [0, 0.1) is 5.92 Å². The van der Waals surface area contributed by atoms with Gasteiger partial charge in [0.25, 0.3) is 0 Å². The molecule has 4 nitrogen and oxygen atoms in total. The zero-order valence-electron chi connectivity index (χ0n) is 9.85. The van der Waals surface area contributed by atoms with E-state index in [9.17, 15) is 18.3 Å². The smallest absolute Gasteiger partial charge is 0.164 e. The van der Waals surface area contributed by atoms with E-state index in [2.05, 4.69) is 0 Å². The predicted octanol–water partition coefficient (Wildman–Crippen LogP) is 0.930. The van der Waals surface area contributed by atoms with Crippen LogP contribution in [0.2, 0.25) is 0 Å². The summed E-state index contributed by atoms with van der Waals surface area (Å²) in [7, 11) is -3.06. The Kier molecular flexibility index (Phi) is 4.50. The summed E-state index contributed by atoms with van der Waals surface area (Å²) in [5, 5.41) is 9.07. The predicted molar refractivity (Wildman–Crippen MR) is 61.9 cm³/mol. The average molecular weight is 248 g/mol. The Morgan fingerprint density at radius 1 is 1.44 bits per heavy atom. The average Bonchev–Trinajstić information content (AvgIpc) is 2.26. The normalized spacial score (nSPS) is 28.7. The summed E-state index contributed by atoms with van der Waals surface area (Å²) in [6, 6.07) is 0. The summed E-state index contributed by atoms with van der Waals surface area (Å²) in [5.74, 6) is -0.459. The van der Waals surface area contributed by atoms with Crippen molar-refractivity contribution < 1.29 is 18.3 Å². The van der Waals surface area contributed by atoms with E-state index >= 15 is 0 Å². The molecule has 0 aliphatic heterocycles. The Bertz CT molecular complexity index is 347. The zero-order valence-corrected chi connectivity index (χ0v) is 10.7. The van der Waals surface area contributed by atoms with Gasteiger partial charge in [0.1, 0.15) is 15.9 Å². The van der Waals surface area contributed by atoms with Gasteiger partial charge in [-0.1, -0.05) is 13.3 Å². The van der Waals surface area contributed by atoms with Crippen LogP contribution in [0.3, 0.4) is 0 Å². The first kappa shape index (κ1) is 13.6. The highest BCUT2D eigenvalue weighted by Gasteiger charge is 2.34. The third-order valence-electron chi connectivity index (χ3n) is 3.35. The van der Waals surface area contributed by atoms with Gasteiger partial charge in [-0.15, -0.1) is 0 Å². The van der Waals surface area contributed by atoms with Gasteiger partial charge in [0.15, 0.2) is 5.78 Å². The van der Waals surface area contributed by atoms with Gasteiger partial charge in [0.05, 0.1) is 5.25 Å². The van der Waals surface area contributed by atoms with Crippen LogP contribution < -0.4 is 0 Å². The molecule has 0 bridgehead atoms. The third-order valence-corrected chi connectivity index (χ3v) is 4.99. The molecule has 5 heteroatoms. The van der Waals surface area contributed by atoms with Crippen LogP contribution in [0.25, 0.3) is 0 Å². The minimum atomic E-state index is -3.06. The topological polar surface area (TPSA) is 71.4 Å². The minimum absolute atomic E-state index is 0.184. The monoisotopic (exact) mass is 248 g/mol. The molecule has 16 heavy (non-hydrogen) atoms. The van der Waals surface area contributed by atoms with Crippen molar-refractivity contribution in [1.29, 1.82) is 0 Å². The molecule has 0 heterocycles. The lowest BCUT2D eigenvalue weighted by Gasteiger charge is -2.28. The second-order valence-electron chi connectivity index (χ2n) is 4.64. The number of aliphatic hydroxyl groups excluding tert-OH is 1. The summed E-state index contributed by atoms with van der Waals surface area (Å²) in [4.78, 5) is 11.8. The molecule has 1 saturated carbocycles. The van der Waals surface area contributed by atoms with Gasteiger partial charge in [-0.25, -0.2) is 8.42 Å². The van der Waals surface area contributed by atoms with E-state index in [4.69, 9.17) is 0 Å². The molecular formula is C11H20O4S. The van der Waals surface area contributed by atoms with Crippen molar-refractivity contribution in [3.63, 3.8) is 0 Å². The first-order valence-electron chi connectivity index (χ1n) is 5.77. The maximum atomic E-state index is 11.8. The number of Topliss-reactive ketones (excluding diaryl/α,β-unsaturated/α-hetero) is 1. The van der Waals surface area contributed by atoms with Crippen molar-refractivity contribution in [2.75, 3.05) is 6.26 Å². The van der Waals surface area contributed by atoms with Gasteiger partial charge in [-0.3, -0.25) is 4.79 Å². The van der Waals surface area contributed by atoms with Crippen molar-refractivity contribution >= 4 is 15.6 Å². The SMILES string of the molecule is CCC(O)C(=O)C1CCCC(S(C)(=O)=O)C1. The highest BCUT2D eigenvalue weighted by Crippen LogP contribution is 2.30. The van der Waals surface area contributed by atoms with Crippen molar-refractivity contribution in [1.82, 2.24) is 0 Å². The second kappa shape index (κ2) is 5.27. The first-order valence-corrected chi connectivity index (χ1v) is 7.72. The third kappa shape index (κ3) is 3.28. The Hall–Kier alpha value is -0.420. The van der Waals surface area contributed by atoms with E-state index in [0.29, 0.717) is 25.7 Å². The number of rotatable bonds is 4. The van der Waals surface area contributed by atoms with Crippen LogP contribution in [0.1, 0.15) is 39.0 Å². The molecule has 0 aromatic carbocycles. The highest BCUT2D eigenvalue weighted by molar-refractivity contribution is 7.91. The van der Waals surface area contributed by atoms with Crippen molar-refractivity contribution in [2.45, 2.75) is 50.4 Å². The lowest BCUT2D eigenvalue weighted by Crippen LogP contribution is -2.35. The molecule has 1 rings (SSSR count). The summed E-state index contributed by atoms with van der Waals surface area (Å²) >= 11 is 0. The van der Waals surface area contributed by atoms with Crippen molar-refractivity contribution in [3.8, 4) is 0 Å². The number of hydrogen-bond acceptors (Lipinski definition) is 4. The van der Waals surface area contributed by atoms with E-state index in [0.717, 1.165) is 6.42 Å². The fourth-order valence-electron chi connectivity index (χ4n) is 2.27. The number of ketones is 1. The molecule has 3 unspecified atom stereocenters. The molecule has 0 saturated heterocycles. The highest BCUT2D eigenvalue weighted by atomic mass is 32.2. The van der Waals surface area contributed by atoms with E-state index in [1.807, 2.05) is 0 Å².